The fraction of sp³-hybridized carbons (Fsp3) is 0. The van der Waals surface area contributed by atoms with Crippen molar-refractivity contribution in [1.82, 2.24) is 14.6 Å². The monoisotopic (exact) mass is 457 g/mol. The Balaban J connectivity index is 2.00. The fourth-order valence-corrected chi connectivity index (χ4v) is 4.71. The quantitative estimate of drug-likeness (QED) is 0.331. The zero-order valence-electron chi connectivity index (χ0n) is 14.3. The third kappa shape index (κ3) is 4.40. The van der Waals surface area contributed by atoms with Crippen LogP contribution >= 0.6 is 19.3 Å². The summed E-state index contributed by atoms with van der Waals surface area (Å²) in [4.78, 5) is 44.1. The van der Waals surface area contributed by atoms with Gasteiger partial charge >= 0.3 is 7.75 Å². The summed E-state index contributed by atoms with van der Waals surface area (Å²) in [5.41, 5.74) is 1.03. The molecule has 0 radical (unpaired) electrons. The average molecular weight is 458 g/mol. The Morgan fingerprint density at radius 3 is 2.34 bits per heavy atom. The molecule has 0 aliphatic rings. The molecular formula is C16H13ClN3O7PS. The van der Waals surface area contributed by atoms with Crippen molar-refractivity contribution in [2.45, 2.75) is 4.90 Å². The van der Waals surface area contributed by atoms with Gasteiger partial charge in [-0.1, -0.05) is 29.8 Å². The molecule has 0 fully saturated rings. The van der Waals surface area contributed by atoms with Crippen LogP contribution in [-0.4, -0.2) is 28.4 Å². The van der Waals surface area contributed by atoms with Gasteiger partial charge in [0.25, 0.3) is 21.5 Å². The molecule has 0 unspecified atom stereocenters. The normalized spacial score (nSPS) is 12.1. The molecule has 0 atom stereocenters. The van der Waals surface area contributed by atoms with Gasteiger partial charge < -0.3 is 9.79 Å². The maximum absolute atomic E-state index is 12.5. The van der Waals surface area contributed by atoms with Crippen LogP contribution < -0.4 is 15.8 Å². The van der Waals surface area contributed by atoms with Gasteiger partial charge in [-0.05, 0) is 30.3 Å². The molecule has 0 spiro atoms. The van der Waals surface area contributed by atoms with Crippen molar-refractivity contribution in [3.63, 3.8) is 0 Å². The number of nitrogens with one attached hydrogen (secondary N) is 2. The summed E-state index contributed by atoms with van der Waals surface area (Å²) in [7, 11) is -9.35. The maximum Gasteiger partial charge on any atom is 0.437 e. The summed E-state index contributed by atoms with van der Waals surface area (Å²) >= 11 is 5.99. The topological polar surface area (TPSA) is 155 Å². The summed E-state index contributed by atoms with van der Waals surface area (Å²) in [5.74, 6) is -0.707. The number of hydrogen-bond acceptors (Lipinski definition) is 5. The highest BCUT2D eigenvalue weighted by Crippen LogP contribution is 2.39. The summed E-state index contributed by atoms with van der Waals surface area (Å²) in [6.45, 7) is 0. The van der Waals surface area contributed by atoms with Gasteiger partial charge in [-0.3, -0.25) is 15.0 Å². The minimum atomic E-state index is -5.01. The molecule has 0 aliphatic carbocycles. The molecule has 2 aromatic carbocycles. The summed E-state index contributed by atoms with van der Waals surface area (Å²) in [6.07, 6.45) is 0. The Kier molecular flexibility index (Phi) is 5.63. The van der Waals surface area contributed by atoms with Crippen LogP contribution in [0.15, 0.2) is 64.3 Å². The van der Waals surface area contributed by atoms with Gasteiger partial charge in [-0.2, -0.15) is 0 Å². The van der Waals surface area contributed by atoms with E-state index in [-0.39, 0.29) is 20.8 Å². The highest BCUT2D eigenvalue weighted by Gasteiger charge is 2.25. The lowest BCUT2D eigenvalue weighted by molar-refractivity contribution is 0.0945. The van der Waals surface area contributed by atoms with Gasteiger partial charge in [0, 0.05) is 17.0 Å². The number of sulfonamides is 1. The van der Waals surface area contributed by atoms with Gasteiger partial charge in [0.1, 0.15) is 4.90 Å². The van der Waals surface area contributed by atoms with E-state index in [1.807, 2.05) is 10.3 Å². The molecule has 29 heavy (non-hydrogen) atoms. The number of benzene rings is 2. The van der Waals surface area contributed by atoms with Gasteiger partial charge in [0.2, 0.25) is 0 Å². The van der Waals surface area contributed by atoms with E-state index in [2.05, 4.69) is 0 Å². The Morgan fingerprint density at radius 1 is 1.07 bits per heavy atom. The molecular weight excluding hydrogens is 445 g/mol. The largest absolute Gasteiger partial charge is 0.437 e. The highest BCUT2D eigenvalue weighted by atomic mass is 35.5. The van der Waals surface area contributed by atoms with E-state index in [1.165, 1.54) is 18.2 Å². The van der Waals surface area contributed by atoms with Crippen molar-refractivity contribution < 1.29 is 27.6 Å². The molecule has 3 aromatic rings. The lowest BCUT2D eigenvalue weighted by Crippen LogP contribution is -2.41. The first-order valence-electron chi connectivity index (χ1n) is 7.79. The van der Waals surface area contributed by atoms with Crippen LogP contribution in [0.1, 0.15) is 10.4 Å². The van der Waals surface area contributed by atoms with Crippen LogP contribution in [0.5, 0.6) is 0 Å². The minimum Gasteiger partial charge on any atom is -0.308 e. The van der Waals surface area contributed by atoms with Crippen LogP contribution in [-0.2, 0) is 14.6 Å². The molecule has 4 N–H and O–H groups in total. The molecule has 13 heteroatoms. The van der Waals surface area contributed by atoms with E-state index in [4.69, 9.17) is 11.6 Å². The summed E-state index contributed by atoms with van der Waals surface area (Å²) in [5, 5.41) is -0.376. The second-order valence-corrected chi connectivity index (χ2v) is 9.25. The van der Waals surface area contributed by atoms with Gasteiger partial charge in [-0.25, -0.2) is 17.3 Å². The van der Waals surface area contributed by atoms with Gasteiger partial charge in [0.15, 0.2) is 0 Å². The predicted molar refractivity (Wildman–Crippen MR) is 105 cm³/mol. The number of amides is 1. The number of nitrogens with zero attached hydrogens (tertiary/aromatic N) is 1. The molecule has 0 saturated carbocycles. The number of pyridine rings is 1. The van der Waals surface area contributed by atoms with E-state index >= 15 is 0 Å². The lowest BCUT2D eigenvalue weighted by Gasteiger charge is -2.14. The average Bonchev–Trinajstić information content (AvgIpc) is 2.65. The molecule has 3 rings (SSSR count). The molecule has 1 heterocycles. The van der Waals surface area contributed by atoms with Crippen molar-refractivity contribution in [1.29, 1.82) is 0 Å². The third-order valence-electron chi connectivity index (χ3n) is 3.81. The zero-order chi connectivity index (χ0) is 21.4. The number of hydrogen-bond donors (Lipinski definition) is 4. The molecule has 10 nitrogen and oxygen atoms in total. The number of rotatable bonds is 5. The first kappa shape index (κ1) is 21.2. The van der Waals surface area contributed by atoms with E-state index in [1.54, 1.807) is 18.2 Å². The summed E-state index contributed by atoms with van der Waals surface area (Å²) < 4.78 is 36.9. The number of hydrazine groups is 1. The Bertz CT molecular complexity index is 1320. The number of aromatic nitrogens is 1. The van der Waals surface area contributed by atoms with E-state index in [0.29, 0.717) is 0 Å². The van der Waals surface area contributed by atoms with Gasteiger partial charge in [0.05, 0.1) is 10.5 Å². The highest BCUT2D eigenvalue weighted by molar-refractivity contribution is 7.89. The number of carbonyl (C=O) groups is 1. The van der Waals surface area contributed by atoms with Crippen molar-refractivity contribution in [2.24, 2.45) is 0 Å². The van der Waals surface area contributed by atoms with Crippen molar-refractivity contribution >= 4 is 46.2 Å². The second kappa shape index (κ2) is 7.71. The van der Waals surface area contributed by atoms with E-state index in [0.717, 1.165) is 18.2 Å². The third-order valence-corrected chi connectivity index (χ3v) is 6.45. The van der Waals surface area contributed by atoms with Crippen LogP contribution in [0.3, 0.4) is 0 Å². The smallest absolute Gasteiger partial charge is 0.308 e. The fourth-order valence-electron chi connectivity index (χ4n) is 2.53. The van der Waals surface area contributed by atoms with Crippen LogP contribution in [0.4, 0.5) is 0 Å². The molecule has 1 aromatic heterocycles. The van der Waals surface area contributed by atoms with E-state index in [9.17, 15) is 32.4 Å². The van der Waals surface area contributed by atoms with Crippen molar-refractivity contribution in [2.75, 3.05) is 0 Å². The van der Waals surface area contributed by atoms with Crippen LogP contribution in [0.25, 0.3) is 10.9 Å². The van der Waals surface area contributed by atoms with Crippen molar-refractivity contribution in [3.8, 4) is 0 Å². The first-order chi connectivity index (χ1) is 13.5. The maximum atomic E-state index is 12.5. The van der Waals surface area contributed by atoms with Crippen molar-refractivity contribution in [3.05, 3.63) is 75.5 Å². The SMILES string of the molecule is O=C(NNS(=O)(=O)c1cc2ccc(=O)n(P(=O)(O)O)c2cc1Cl)c1ccccc1. The number of halogens is 1. The van der Waals surface area contributed by atoms with Crippen LogP contribution in [0, 0.1) is 0 Å². The first-order valence-corrected chi connectivity index (χ1v) is 11.2. The summed E-state index contributed by atoms with van der Waals surface area (Å²) in [6, 6.07) is 11.9. The second-order valence-electron chi connectivity index (χ2n) is 5.76. The van der Waals surface area contributed by atoms with Gasteiger partial charge in [-0.15, -0.1) is 4.83 Å². The van der Waals surface area contributed by atoms with Crippen LogP contribution in [0.2, 0.25) is 5.02 Å². The minimum absolute atomic E-state index is 0.0343. The lowest BCUT2D eigenvalue weighted by atomic mass is 10.2. The number of carbonyl (C=O) groups excluding carboxylic acids is 1. The Hall–Kier alpha value is -2.53. The Morgan fingerprint density at radius 2 is 1.72 bits per heavy atom. The standard InChI is InChI=1S/C16H13ClN3O7PS/c17-12-9-13-11(6-7-15(21)20(13)28(23,24)25)8-14(12)29(26,27)19-18-16(22)10-4-2-1-3-5-10/h1-9,19H,(H,18,22)(H2,23,24,25). The predicted octanol–water partition coefficient (Wildman–Crippen LogP) is 1.22. The number of fused-ring (bicyclic) bond motifs is 1. The molecule has 1 amide bonds. The molecule has 0 saturated heterocycles. The Labute approximate surface area is 169 Å². The van der Waals surface area contributed by atoms with E-state index < -0.39 is 39.2 Å². The molecule has 152 valence electrons. The molecule has 0 bridgehead atoms. The zero-order valence-corrected chi connectivity index (χ0v) is 16.8. The molecule has 0 aliphatic heterocycles.